The van der Waals surface area contributed by atoms with Gasteiger partial charge in [0, 0.05) is 22.4 Å². The van der Waals surface area contributed by atoms with Crippen LogP contribution in [0.2, 0.25) is 0 Å². The number of carbonyl (C=O) groups excluding carboxylic acids is 2. The Bertz CT molecular complexity index is 989. The van der Waals surface area contributed by atoms with Crippen molar-refractivity contribution in [2.75, 3.05) is 31.6 Å². The van der Waals surface area contributed by atoms with E-state index in [4.69, 9.17) is 4.74 Å². The van der Waals surface area contributed by atoms with E-state index in [0.29, 0.717) is 48.3 Å². The van der Waals surface area contributed by atoms with Gasteiger partial charge in [0.15, 0.2) is 0 Å². The second kappa shape index (κ2) is 9.04. The highest BCUT2D eigenvalue weighted by molar-refractivity contribution is 9.10. The van der Waals surface area contributed by atoms with Crippen LogP contribution in [0.4, 0.5) is 5.00 Å². The number of fused-ring (bicyclic) bond motifs is 1. The lowest BCUT2D eigenvalue weighted by atomic mass is 9.72. The molecule has 2 aliphatic rings. The smallest absolute Gasteiger partial charge is 0.257 e. The van der Waals surface area contributed by atoms with E-state index in [2.05, 4.69) is 42.0 Å². The van der Waals surface area contributed by atoms with Crippen LogP contribution in [0.1, 0.15) is 58.3 Å². The molecule has 2 aromatic rings. The third-order valence-electron chi connectivity index (χ3n) is 6.35. The van der Waals surface area contributed by atoms with Crippen molar-refractivity contribution in [3.63, 3.8) is 0 Å². The van der Waals surface area contributed by atoms with Crippen LogP contribution in [-0.4, -0.2) is 43.0 Å². The van der Waals surface area contributed by atoms with Gasteiger partial charge in [0.05, 0.1) is 24.3 Å². The molecule has 0 saturated carbocycles. The molecule has 1 N–H and O–H groups in total. The van der Waals surface area contributed by atoms with Crippen LogP contribution >= 0.6 is 27.3 Å². The molecule has 2 amide bonds. The molecule has 1 aliphatic heterocycles. The summed E-state index contributed by atoms with van der Waals surface area (Å²) in [4.78, 5) is 29.7. The number of benzene rings is 1. The van der Waals surface area contributed by atoms with E-state index >= 15 is 0 Å². The molecule has 7 heteroatoms. The van der Waals surface area contributed by atoms with Crippen molar-refractivity contribution in [1.29, 1.82) is 0 Å². The minimum absolute atomic E-state index is 0.0115. The minimum atomic E-state index is -0.200. The van der Waals surface area contributed by atoms with Gasteiger partial charge in [-0.2, -0.15) is 0 Å². The van der Waals surface area contributed by atoms with E-state index in [-0.39, 0.29) is 17.2 Å². The molecule has 1 aromatic heterocycles. The third-order valence-corrected chi connectivity index (χ3v) is 8.21. The number of nitrogens with one attached hydrogen (secondary N) is 1. The Kier molecular flexibility index (Phi) is 6.56. The number of anilines is 1. The molecule has 0 radical (unpaired) electrons. The van der Waals surface area contributed by atoms with Gasteiger partial charge in [-0.25, -0.2) is 0 Å². The van der Waals surface area contributed by atoms with Crippen molar-refractivity contribution in [2.45, 2.75) is 40.0 Å². The Morgan fingerprint density at radius 1 is 1.19 bits per heavy atom. The molecular weight excluding hydrogens is 476 g/mol. The number of halogens is 1. The van der Waals surface area contributed by atoms with Crippen molar-refractivity contribution in [3.05, 3.63) is 50.3 Å². The maximum absolute atomic E-state index is 13.5. The topological polar surface area (TPSA) is 58.6 Å². The van der Waals surface area contributed by atoms with Gasteiger partial charge in [-0.3, -0.25) is 9.59 Å². The van der Waals surface area contributed by atoms with Crippen molar-refractivity contribution < 1.29 is 14.3 Å². The van der Waals surface area contributed by atoms with Gasteiger partial charge in [-0.05, 0) is 64.2 Å². The molecule has 2 heterocycles. The summed E-state index contributed by atoms with van der Waals surface area (Å²) in [6.07, 6.45) is 2.90. The van der Waals surface area contributed by atoms with Gasteiger partial charge in [0.1, 0.15) is 5.00 Å². The van der Waals surface area contributed by atoms with Crippen LogP contribution < -0.4 is 5.32 Å². The lowest BCUT2D eigenvalue weighted by Gasteiger charge is -2.34. The van der Waals surface area contributed by atoms with Gasteiger partial charge >= 0.3 is 0 Å². The summed E-state index contributed by atoms with van der Waals surface area (Å²) >= 11 is 5.04. The number of carbonyl (C=O) groups is 2. The highest BCUT2D eigenvalue weighted by Crippen LogP contribution is 2.44. The van der Waals surface area contributed by atoms with Crippen molar-refractivity contribution in [1.82, 2.24) is 4.90 Å². The summed E-state index contributed by atoms with van der Waals surface area (Å²) in [5.41, 5.74) is 2.60. The monoisotopic (exact) mass is 504 g/mol. The average molecular weight is 505 g/mol. The first-order valence-electron chi connectivity index (χ1n) is 10.8. The largest absolute Gasteiger partial charge is 0.378 e. The summed E-state index contributed by atoms with van der Waals surface area (Å²) in [6.45, 7) is 9.14. The predicted octanol–water partition coefficient (Wildman–Crippen LogP) is 5.39. The van der Waals surface area contributed by atoms with E-state index < -0.39 is 0 Å². The van der Waals surface area contributed by atoms with E-state index in [0.717, 1.165) is 29.3 Å². The standard InChI is InChI=1S/C24H29BrN2O3S/c1-24(2,3)15-8-9-17-19(14-15)31-22(20(17)23(29)27-10-12-30-13-11-27)26-21(28)16-6-4-5-7-18(16)25/h4-7,15H,8-14H2,1-3H3,(H,26,28). The number of ether oxygens (including phenoxy) is 1. The zero-order chi connectivity index (χ0) is 22.2. The number of morpholine rings is 1. The fraction of sp³-hybridized carbons (Fsp3) is 0.500. The zero-order valence-electron chi connectivity index (χ0n) is 18.3. The average Bonchev–Trinajstić information content (AvgIpc) is 3.10. The number of rotatable bonds is 3. The molecule has 31 heavy (non-hydrogen) atoms. The molecular formula is C24H29BrN2O3S. The van der Waals surface area contributed by atoms with Crippen LogP contribution in [-0.2, 0) is 17.6 Å². The molecule has 166 valence electrons. The number of hydrogen-bond acceptors (Lipinski definition) is 4. The third kappa shape index (κ3) is 4.73. The molecule has 1 aromatic carbocycles. The van der Waals surface area contributed by atoms with Crippen molar-refractivity contribution in [2.24, 2.45) is 11.3 Å². The van der Waals surface area contributed by atoms with Gasteiger partial charge in [-0.15, -0.1) is 11.3 Å². The summed E-state index contributed by atoms with van der Waals surface area (Å²) in [5, 5.41) is 3.75. The first-order chi connectivity index (χ1) is 14.8. The SMILES string of the molecule is CC(C)(C)C1CCc2c(sc(NC(=O)c3ccccc3Br)c2C(=O)N2CCOCC2)C1. The molecule has 1 aliphatic carbocycles. The molecule has 1 fully saturated rings. The lowest BCUT2D eigenvalue weighted by molar-refractivity contribution is 0.0303. The zero-order valence-corrected chi connectivity index (χ0v) is 20.7. The normalized spacial score (nSPS) is 19.1. The Labute approximate surface area is 196 Å². The number of thiophene rings is 1. The predicted molar refractivity (Wildman–Crippen MR) is 128 cm³/mol. The second-order valence-corrected chi connectivity index (χ2v) is 11.3. The van der Waals surface area contributed by atoms with Crippen LogP contribution in [0.25, 0.3) is 0 Å². The molecule has 5 nitrogen and oxygen atoms in total. The Morgan fingerprint density at radius 3 is 2.58 bits per heavy atom. The van der Waals surface area contributed by atoms with Crippen molar-refractivity contribution in [3.8, 4) is 0 Å². The fourth-order valence-corrected chi connectivity index (χ4v) is 6.16. The summed E-state index contributed by atoms with van der Waals surface area (Å²) in [6, 6.07) is 7.35. The molecule has 1 unspecified atom stereocenters. The maximum Gasteiger partial charge on any atom is 0.257 e. The summed E-state index contributed by atoms with van der Waals surface area (Å²) in [5.74, 6) is 0.378. The number of hydrogen-bond donors (Lipinski definition) is 1. The molecule has 0 bridgehead atoms. The van der Waals surface area contributed by atoms with Crippen LogP contribution in [0, 0.1) is 11.3 Å². The Morgan fingerprint density at radius 2 is 1.90 bits per heavy atom. The van der Waals surface area contributed by atoms with E-state index in [1.807, 2.05) is 23.1 Å². The van der Waals surface area contributed by atoms with Crippen molar-refractivity contribution >= 4 is 44.1 Å². The summed E-state index contributed by atoms with van der Waals surface area (Å²) in [7, 11) is 0. The number of amides is 2. The van der Waals surface area contributed by atoms with E-state index in [1.165, 1.54) is 4.88 Å². The van der Waals surface area contributed by atoms with E-state index in [1.54, 1.807) is 17.4 Å². The maximum atomic E-state index is 13.5. The quantitative estimate of drug-likeness (QED) is 0.609. The first-order valence-corrected chi connectivity index (χ1v) is 12.4. The van der Waals surface area contributed by atoms with Crippen LogP contribution in [0.15, 0.2) is 28.7 Å². The van der Waals surface area contributed by atoms with Gasteiger partial charge in [0.2, 0.25) is 0 Å². The first kappa shape index (κ1) is 22.5. The lowest BCUT2D eigenvalue weighted by Crippen LogP contribution is -2.41. The Balaban J connectivity index is 1.69. The Hall–Kier alpha value is -1.70. The highest BCUT2D eigenvalue weighted by Gasteiger charge is 2.35. The van der Waals surface area contributed by atoms with Gasteiger partial charge in [0.25, 0.3) is 11.8 Å². The molecule has 1 saturated heterocycles. The van der Waals surface area contributed by atoms with E-state index in [9.17, 15) is 9.59 Å². The minimum Gasteiger partial charge on any atom is -0.378 e. The summed E-state index contributed by atoms with van der Waals surface area (Å²) < 4.78 is 6.17. The number of nitrogens with zero attached hydrogens (tertiary/aromatic N) is 1. The molecule has 1 atom stereocenters. The fourth-order valence-electron chi connectivity index (χ4n) is 4.38. The highest BCUT2D eigenvalue weighted by atomic mass is 79.9. The van der Waals surface area contributed by atoms with Gasteiger partial charge < -0.3 is 15.0 Å². The van der Waals surface area contributed by atoms with Crippen LogP contribution in [0.5, 0.6) is 0 Å². The molecule has 0 spiro atoms. The van der Waals surface area contributed by atoms with Crippen LogP contribution in [0.3, 0.4) is 0 Å². The molecule has 4 rings (SSSR count). The van der Waals surface area contributed by atoms with Gasteiger partial charge in [-0.1, -0.05) is 32.9 Å². The second-order valence-electron chi connectivity index (χ2n) is 9.35.